The van der Waals surface area contributed by atoms with Gasteiger partial charge >= 0.3 is 0 Å². The summed E-state index contributed by atoms with van der Waals surface area (Å²) in [4.78, 5) is 0. The molecule has 0 aliphatic rings. The molecule has 5 N–H and O–H groups in total. The number of nitrogen functional groups attached to an aromatic ring is 1. The maximum atomic E-state index is 8.89. The van der Waals surface area contributed by atoms with Crippen LogP contribution in [0.15, 0.2) is 18.2 Å². The Morgan fingerprint density at radius 2 is 2.00 bits per heavy atom. The first-order valence-electron chi connectivity index (χ1n) is 4.73. The molecule has 0 fully saturated rings. The number of rotatable bonds is 3. The van der Waals surface area contributed by atoms with Crippen molar-refractivity contribution in [3.63, 3.8) is 0 Å². The van der Waals surface area contributed by atoms with Gasteiger partial charge in [-0.05, 0) is 43.5 Å². The van der Waals surface area contributed by atoms with Crippen LogP contribution in [0, 0.1) is 6.92 Å². The Balaban J connectivity index is 3.05. The lowest BCUT2D eigenvalue weighted by molar-refractivity contribution is 0.247. The van der Waals surface area contributed by atoms with E-state index in [1.54, 1.807) is 0 Å². The standard InChI is InChI=1S/C11H18N2O/c1-8-5-9(7-10(12)6-8)11(2,13)3-4-14/h5-7,14H,3-4,12-13H2,1-2H3. The van der Waals surface area contributed by atoms with E-state index in [-0.39, 0.29) is 6.61 Å². The van der Waals surface area contributed by atoms with Gasteiger partial charge in [-0.2, -0.15) is 0 Å². The molecule has 0 aromatic heterocycles. The molecule has 0 spiro atoms. The molecule has 0 saturated heterocycles. The van der Waals surface area contributed by atoms with Crippen LogP contribution in [0.2, 0.25) is 0 Å². The average molecular weight is 194 g/mol. The number of benzene rings is 1. The number of hydrogen-bond acceptors (Lipinski definition) is 3. The van der Waals surface area contributed by atoms with Crippen molar-refractivity contribution in [2.45, 2.75) is 25.8 Å². The van der Waals surface area contributed by atoms with Gasteiger partial charge in [0.25, 0.3) is 0 Å². The van der Waals surface area contributed by atoms with E-state index in [4.69, 9.17) is 16.6 Å². The zero-order valence-corrected chi connectivity index (χ0v) is 8.75. The third kappa shape index (κ3) is 2.47. The van der Waals surface area contributed by atoms with Crippen molar-refractivity contribution in [3.05, 3.63) is 29.3 Å². The van der Waals surface area contributed by atoms with Crippen LogP contribution in [-0.2, 0) is 5.54 Å². The van der Waals surface area contributed by atoms with Crippen molar-refractivity contribution in [2.24, 2.45) is 5.73 Å². The fourth-order valence-corrected chi connectivity index (χ4v) is 1.52. The predicted molar refractivity (Wildman–Crippen MR) is 58.8 cm³/mol. The maximum absolute atomic E-state index is 8.89. The third-order valence-electron chi connectivity index (χ3n) is 2.39. The number of nitrogens with two attached hydrogens (primary N) is 2. The lowest BCUT2D eigenvalue weighted by atomic mass is 9.89. The van der Waals surface area contributed by atoms with Gasteiger partial charge in [0.1, 0.15) is 0 Å². The van der Waals surface area contributed by atoms with Crippen molar-refractivity contribution >= 4 is 5.69 Å². The molecule has 0 bridgehead atoms. The van der Waals surface area contributed by atoms with Crippen LogP contribution in [0.4, 0.5) is 5.69 Å². The van der Waals surface area contributed by atoms with E-state index in [0.717, 1.165) is 16.8 Å². The minimum Gasteiger partial charge on any atom is -0.399 e. The molecule has 0 saturated carbocycles. The normalized spacial score (nSPS) is 15.1. The van der Waals surface area contributed by atoms with Gasteiger partial charge in [0.2, 0.25) is 0 Å². The molecule has 14 heavy (non-hydrogen) atoms. The van der Waals surface area contributed by atoms with Gasteiger partial charge in [-0.1, -0.05) is 6.07 Å². The monoisotopic (exact) mass is 194 g/mol. The zero-order chi connectivity index (χ0) is 10.8. The summed E-state index contributed by atoms with van der Waals surface area (Å²) in [5.74, 6) is 0. The van der Waals surface area contributed by atoms with Crippen LogP contribution in [0.1, 0.15) is 24.5 Å². The summed E-state index contributed by atoms with van der Waals surface area (Å²) in [6, 6.07) is 5.77. The number of hydrogen-bond donors (Lipinski definition) is 3. The largest absolute Gasteiger partial charge is 0.399 e. The highest BCUT2D eigenvalue weighted by Crippen LogP contribution is 2.24. The molecule has 0 heterocycles. The molecule has 1 aromatic rings. The highest BCUT2D eigenvalue weighted by atomic mass is 16.3. The Kier molecular flexibility index (Phi) is 3.13. The minimum absolute atomic E-state index is 0.0842. The van der Waals surface area contributed by atoms with Crippen molar-refractivity contribution < 1.29 is 5.11 Å². The number of aliphatic hydroxyl groups excluding tert-OH is 1. The van der Waals surface area contributed by atoms with Crippen LogP contribution >= 0.6 is 0 Å². The lowest BCUT2D eigenvalue weighted by Gasteiger charge is -2.25. The number of aliphatic hydroxyl groups is 1. The molecule has 1 atom stereocenters. The zero-order valence-electron chi connectivity index (χ0n) is 8.75. The molecule has 78 valence electrons. The minimum atomic E-state index is -0.505. The summed E-state index contributed by atoms with van der Waals surface area (Å²) in [5, 5.41) is 8.89. The summed E-state index contributed by atoms with van der Waals surface area (Å²) >= 11 is 0. The molecular formula is C11H18N2O. The highest BCUT2D eigenvalue weighted by Gasteiger charge is 2.20. The molecule has 1 aromatic carbocycles. The summed E-state index contributed by atoms with van der Waals surface area (Å²) in [6.45, 7) is 3.97. The second-order valence-corrected chi connectivity index (χ2v) is 4.02. The molecule has 0 radical (unpaired) electrons. The molecular weight excluding hydrogens is 176 g/mol. The molecule has 1 rings (SSSR count). The van der Waals surface area contributed by atoms with Crippen molar-refractivity contribution in [1.29, 1.82) is 0 Å². The smallest absolute Gasteiger partial charge is 0.0451 e. The van der Waals surface area contributed by atoms with Crippen molar-refractivity contribution in [1.82, 2.24) is 0 Å². The van der Waals surface area contributed by atoms with E-state index in [0.29, 0.717) is 6.42 Å². The van der Waals surface area contributed by atoms with Crippen LogP contribution < -0.4 is 11.5 Å². The van der Waals surface area contributed by atoms with Crippen LogP contribution in [-0.4, -0.2) is 11.7 Å². The highest BCUT2D eigenvalue weighted by molar-refractivity contribution is 5.46. The molecule has 3 nitrogen and oxygen atoms in total. The van der Waals surface area contributed by atoms with Crippen molar-refractivity contribution in [3.8, 4) is 0 Å². The first-order valence-corrected chi connectivity index (χ1v) is 4.73. The molecule has 0 amide bonds. The number of aryl methyl sites for hydroxylation is 1. The fraction of sp³-hybridized carbons (Fsp3) is 0.455. The van der Waals surface area contributed by atoms with E-state index < -0.39 is 5.54 Å². The van der Waals surface area contributed by atoms with E-state index in [1.807, 2.05) is 32.0 Å². The summed E-state index contributed by atoms with van der Waals surface area (Å²) in [5.41, 5.74) is 14.1. The van der Waals surface area contributed by atoms with E-state index in [1.165, 1.54) is 0 Å². The Morgan fingerprint density at radius 3 is 2.50 bits per heavy atom. The first kappa shape index (κ1) is 11.0. The van der Waals surface area contributed by atoms with Gasteiger partial charge in [0.05, 0.1) is 0 Å². The van der Waals surface area contributed by atoms with Gasteiger partial charge in [-0.3, -0.25) is 0 Å². The van der Waals surface area contributed by atoms with Gasteiger partial charge in [0, 0.05) is 17.8 Å². The van der Waals surface area contributed by atoms with Gasteiger partial charge < -0.3 is 16.6 Å². The second-order valence-electron chi connectivity index (χ2n) is 4.02. The predicted octanol–water partition coefficient (Wildman–Crippen LogP) is 1.13. The Labute approximate surface area is 84.7 Å². The SMILES string of the molecule is Cc1cc(N)cc(C(C)(N)CCO)c1. The van der Waals surface area contributed by atoms with Crippen LogP contribution in [0.25, 0.3) is 0 Å². The van der Waals surface area contributed by atoms with E-state index >= 15 is 0 Å². The summed E-state index contributed by atoms with van der Waals surface area (Å²) in [6.07, 6.45) is 0.538. The van der Waals surface area contributed by atoms with Crippen LogP contribution in [0.3, 0.4) is 0 Å². The summed E-state index contributed by atoms with van der Waals surface area (Å²) < 4.78 is 0. The second kappa shape index (κ2) is 3.98. The molecule has 0 aliphatic heterocycles. The Hall–Kier alpha value is -1.06. The van der Waals surface area contributed by atoms with E-state index in [9.17, 15) is 0 Å². The average Bonchev–Trinajstić information content (AvgIpc) is 2.02. The quantitative estimate of drug-likeness (QED) is 0.632. The fourth-order valence-electron chi connectivity index (χ4n) is 1.52. The van der Waals surface area contributed by atoms with Gasteiger partial charge in [-0.25, -0.2) is 0 Å². The third-order valence-corrected chi connectivity index (χ3v) is 2.39. The first-order chi connectivity index (χ1) is 6.45. The summed E-state index contributed by atoms with van der Waals surface area (Å²) in [7, 11) is 0. The molecule has 0 aliphatic carbocycles. The van der Waals surface area contributed by atoms with Crippen molar-refractivity contribution in [2.75, 3.05) is 12.3 Å². The maximum Gasteiger partial charge on any atom is 0.0451 e. The van der Waals surface area contributed by atoms with Gasteiger partial charge in [0.15, 0.2) is 0 Å². The Bertz CT molecular complexity index is 301. The molecule has 3 heteroatoms. The molecule has 1 unspecified atom stereocenters. The topological polar surface area (TPSA) is 72.3 Å². The lowest BCUT2D eigenvalue weighted by Crippen LogP contribution is -2.34. The van der Waals surface area contributed by atoms with Gasteiger partial charge in [-0.15, -0.1) is 0 Å². The Morgan fingerprint density at radius 1 is 1.36 bits per heavy atom. The van der Waals surface area contributed by atoms with E-state index in [2.05, 4.69) is 0 Å². The number of anilines is 1. The van der Waals surface area contributed by atoms with Crippen LogP contribution in [0.5, 0.6) is 0 Å².